The number of esters is 1. The van der Waals surface area contributed by atoms with Crippen molar-refractivity contribution in [2.45, 2.75) is 57.8 Å². The Morgan fingerprint density at radius 2 is 1.85 bits per heavy atom. The first kappa shape index (κ1) is 27.3. The average Bonchev–Trinajstić information content (AvgIpc) is 3.48. The normalized spacial score (nSPS) is 18.8. The molecule has 1 aliphatic rings. The number of hydrogen-bond donors (Lipinski definition) is 4. The Kier molecular flexibility index (Phi) is 9.20. The maximum Gasteiger partial charge on any atom is 0.408 e. The summed E-state index contributed by atoms with van der Waals surface area (Å²) in [5, 5.41) is 15.5. The van der Waals surface area contributed by atoms with Crippen molar-refractivity contribution in [2.24, 2.45) is 5.92 Å². The molecule has 0 aliphatic heterocycles. The molecule has 0 saturated heterocycles. The number of amides is 3. The van der Waals surface area contributed by atoms with Crippen LogP contribution in [0.4, 0.5) is 4.79 Å². The zero-order chi connectivity index (χ0) is 25.6. The first-order chi connectivity index (χ1) is 15.9. The summed E-state index contributed by atoms with van der Waals surface area (Å²) in [5.41, 5.74) is -0.585. The molecule has 3 N–H and O–H groups in total. The first-order valence-corrected chi connectivity index (χ1v) is 11.6. The van der Waals surface area contributed by atoms with Crippen molar-refractivity contribution in [2.75, 3.05) is 19.4 Å². The van der Waals surface area contributed by atoms with Crippen molar-refractivity contribution in [1.82, 2.24) is 15.5 Å². The van der Waals surface area contributed by atoms with Crippen molar-refractivity contribution >= 4 is 36.5 Å². The van der Waals surface area contributed by atoms with Crippen molar-refractivity contribution in [3.63, 3.8) is 0 Å². The second kappa shape index (κ2) is 11.5. The van der Waals surface area contributed by atoms with Gasteiger partial charge in [0, 0.05) is 17.4 Å². The van der Waals surface area contributed by atoms with Crippen LogP contribution in [0.3, 0.4) is 0 Å². The number of phenols is 1. The van der Waals surface area contributed by atoms with Crippen LogP contribution < -0.4 is 10.6 Å². The summed E-state index contributed by atoms with van der Waals surface area (Å²) in [7, 11) is 1.19. The zero-order valence-corrected chi connectivity index (χ0v) is 20.9. The van der Waals surface area contributed by atoms with Gasteiger partial charge in [-0.05, 0) is 39.2 Å². The van der Waals surface area contributed by atoms with Crippen LogP contribution in [0, 0.1) is 5.92 Å². The van der Waals surface area contributed by atoms with E-state index in [1.165, 1.54) is 24.1 Å². The van der Waals surface area contributed by atoms with Gasteiger partial charge in [-0.1, -0.05) is 25.1 Å². The van der Waals surface area contributed by atoms with E-state index in [1.54, 1.807) is 32.9 Å². The van der Waals surface area contributed by atoms with Gasteiger partial charge in [0.25, 0.3) is 0 Å². The van der Waals surface area contributed by atoms with Gasteiger partial charge in [0.1, 0.15) is 30.0 Å². The SMILES string of the molecule is COC(=O)CNC(=O)C(c1ccccc1O)N(C(=O)C(CS)NC(=O)OC(C)(C)C)C1CC1C. The van der Waals surface area contributed by atoms with Crippen molar-refractivity contribution in [3.8, 4) is 5.75 Å². The fourth-order valence-corrected chi connectivity index (χ4v) is 3.70. The molecule has 0 heterocycles. The number of carbonyl (C=O) groups is 4. The average molecular weight is 496 g/mol. The minimum Gasteiger partial charge on any atom is -0.508 e. The molecular formula is C23H33N3O7S. The highest BCUT2D eigenvalue weighted by Gasteiger charge is 2.48. The summed E-state index contributed by atoms with van der Waals surface area (Å²) in [4.78, 5) is 52.2. The van der Waals surface area contributed by atoms with E-state index in [9.17, 15) is 24.3 Å². The number of nitrogens with one attached hydrogen (secondary N) is 2. The predicted molar refractivity (Wildman–Crippen MR) is 127 cm³/mol. The van der Waals surface area contributed by atoms with Gasteiger partial charge in [0.05, 0.1) is 7.11 Å². The summed E-state index contributed by atoms with van der Waals surface area (Å²) >= 11 is 4.23. The molecule has 0 radical (unpaired) electrons. The Morgan fingerprint density at radius 3 is 2.35 bits per heavy atom. The number of nitrogens with zero attached hydrogens (tertiary/aromatic N) is 1. The minimum atomic E-state index is -1.25. The molecular weight excluding hydrogens is 462 g/mol. The molecule has 0 spiro atoms. The quantitative estimate of drug-likeness (QED) is 0.303. The fraction of sp³-hybridized carbons (Fsp3) is 0.565. The van der Waals surface area contributed by atoms with E-state index >= 15 is 0 Å². The van der Waals surface area contributed by atoms with Crippen LogP contribution in [0.15, 0.2) is 24.3 Å². The third-order valence-corrected chi connectivity index (χ3v) is 5.61. The lowest BCUT2D eigenvalue weighted by molar-refractivity contribution is -0.145. The van der Waals surface area contributed by atoms with Gasteiger partial charge in [-0.2, -0.15) is 12.6 Å². The van der Waals surface area contributed by atoms with Crippen LogP contribution >= 0.6 is 12.6 Å². The molecule has 1 aromatic rings. The van der Waals surface area contributed by atoms with Crippen LogP contribution in [0.2, 0.25) is 0 Å². The molecule has 1 aromatic carbocycles. The summed E-state index contributed by atoms with van der Waals surface area (Å²) in [6.45, 7) is 6.61. The van der Waals surface area contributed by atoms with Gasteiger partial charge in [-0.25, -0.2) is 4.79 Å². The molecule has 1 saturated carbocycles. The van der Waals surface area contributed by atoms with Gasteiger partial charge in [-0.3, -0.25) is 14.4 Å². The lowest BCUT2D eigenvalue weighted by atomic mass is 10.0. The second-order valence-corrected chi connectivity index (χ2v) is 9.53. The van der Waals surface area contributed by atoms with Crippen LogP contribution in [0.1, 0.15) is 45.7 Å². The summed E-state index contributed by atoms with van der Waals surface area (Å²) in [6.07, 6.45) is -0.163. The lowest BCUT2D eigenvalue weighted by Crippen LogP contribution is -2.55. The molecule has 1 aliphatic carbocycles. The molecule has 4 unspecified atom stereocenters. The van der Waals surface area contributed by atoms with Crippen LogP contribution in [-0.2, 0) is 23.9 Å². The van der Waals surface area contributed by atoms with Crippen molar-refractivity contribution in [3.05, 3.63) is 29.8 Å². The largest absolute Gasteiger partial charge is 0.508 e. The monoisotopic (exact) mass is 495 g/mol. The van der Waals surface area contributed by atoms with Gasteiger partial charge in [-0.15, -0.1) is 0 Å². The van der Waals surface area contributed by atoms with Gasteiger partial charge < -0.3 is 30.1 Å². The number of alkyl carbamates (subject to hydrolysis) is 1. The number of carbonyl (C=O) groups excluding carboxylic acids is 4. The number of benzene rings is 1. The molecule has 10 nitrogen and oxygen atoms in total. The highest BCUT2D eigenvalue weighted by atomic mass is 32.1. The summed E-state index contributed by atoms with van der Waals surface area (Å²) in [6, 6.07) is 3.50. The van der Waals surface area contributed by atoms with Gasteiger partial charge in [0.2, 0.25) is 11.8 Å². The Balaban J connectivity index is 2.42. The third kappa shape index (κ3) is 7.28. The van der Waals surface area contributed by atoms with E-state index in [0.29, 0.717) is 6.42 Å². The van der Waals surface area contributed by atoms with E-state index in [-0.39, 0.29) is 29.0 Å². The second-order valence-electron chi connectivity index (χ2n) is 9.16. The highest BCUT2D eigenvalue weighted by Crippen LogP contribution is 2.42. The standard InChI is InChI=1S/C23H33N3O7S/c1-13-10-16(13)26(21(30)15(12-34)25-22(31)33-23(2,3)4)19(14-8-6-7-9-17(14)27)20(29)24-11-18(28)32-5/h6-9,13,15-16,19,27,34H,10-12H2,1-5H3,(H,24,29)(H,25,31). The molecule has 11 heteroatoms. The van der Waals surface area contributed by atoms with E-state index in [4.69, 9.17) is 4.74 Å². The summed E-state index contributed by atoms with van der Waals surface area (Å²) < 4.78 is 9.84. The number of hydrogen-bond acceptors (Lipinski definition) is 8. The Labute approximate surface area is 204 Å². The molecule has 0 aromatic heterocycles. The number of rotatable bonds is 9. The number of phenolic OH excluding ortho intramolecular Hbond substituents is 1. The lowest BCUT2D eigenvalue weighted by Gasteiger charge is -2.34. The van der Waals surface area contributed by atoms with Crippen LogP contribution in [-0.4, -0.2) is 71.0 Å². The van der Waals surface area contributed by atoms with Gasteiger partial charge in [0.15, 0.2) is 0 Å². The maximum absolute atomic E-state index is 13.7. The molecule has 34 heavy (non-hydrogen) atoms. The molecule has 1 fully saturated rings. The first-order valence-electron chi connectivity index (χ1n) is 10.9. The van der Waals surface area contributed by atoms with E-state index in [2.05, 4.69) is 28.0 Å². The zero-order valence-electron chi connectivity index (χ0n) is 20.0. The number of thiol groups is 1. The summed E-state index contributed by atoms with van der Waals surface area (Å²) in [5.74, 6) is -2.04. The molecule has 0 bridgehead atoms. The van der Waals surface area contributed by atoms with E-state index in [0.717, 1.165) is 0 Å². The van der Waals surface area contributed by atoms with Crippen LogP contribution in [0.25, 0.3) is 0 Å². The number of methoxy groups -OCH3 is 1. The number of aromatic hydroxyl groups is 1. The van der Waals surface area contributed by atoms with Gasteiger partial charge >= 0.3 is 12.1 Å². The maximum atomic E-state index is 13.7. The fourth-order valence-electron chi connectivity index (χ4n) is 3.45. The van der Waals surface area contributed by atoms with Crippen LogP contribution in [0.5, 0.6) is 5.75 Å². The molecule has 2 rings (SSSR count). The Hall–Kier alpha value is -2.95. The highest BCUT2D eigenvalue weighted by molar-refractivity contribution is 7.80. The molecule has 4 atom stereocenters. The van der Waals surface area contributed by atoms with E-state index < -0.39 is 48.1 Å². The number of para-hydroxylation sites is 1. The molecule has 3 amide bonds. The van der Waals surface area contributed by atoms with Crippen molar-refractivity contribution < 1.29 is 33.8 Å². The van der Waals surface area contributed by atoms with Crippen molar-refractivity contribution in [1.29, 1.82) is 0 Å². The predicted octanol–water partition coefficient (Wildman–Crippen LogP) is 1.78. The smallest absolute Gasteiger partial charge is 0.408 e. The molecule has 188 valence electrons. The minimum absolute atomic E-state index is 0.0487. The third-order valence-electron chi connectivity index (χ3n) is 5.24. The topological polar surface area (TPSA) is 134 Å². The Morgan fingerprint density at radius 1 is 1.24 bits per heavy atom. The Bertz CT molecular complexity index is 918. The van der Waals surface area contributed by atoms with E-state index in [1.807, 2.05) is 6.92 Å². The number of ether oxygens (including phenoxy) is 2.